The molecule has 0 aliphatic heterocycles. The average Bonchev–Trinajstić information content (AvgIpc) is 2.95. The van der Waals surface area contributed by atoms with Crippen LogP contribution in [0, 0.1) is 6.92 Å². The van der Waals surface area contributed by atoms with Gasteiger partial charge in [0.05, 0.1) is 10.7 Å². The smallest absolute Gasteiger partial charge is 0.220 e. The molecule has 0 bridgehead atoms. The summed E-state index contributed by atoms with van der Waals surface area (Å²) in [5.41, 5.74) is 3.68. The zero-order valence-corrected chi connectivity index (χ0v) is 13.8. The van der Waals surface area contributed by atoms with Crippen LogP contribution in [0.25, 0.3) is 0 Å². The van der Waals surface area contributed by atoms with E-state index in [2.05, 4.69) is 24.4 Å². The minimum atomic E-state index is 0.108. The van der Waals surface area contributed by atoms with E-state index in [1.54, 1.807) is 11.3 Å². The number of thiazole rings is 1. The molecule has 2 aromatic rings. The zero-order chi connectivity index (χ0) is 15.4. The van der Waals surface area contributed by atoms with Crippen LogP contribution in [-0.2, 0) is 30.6 Å². The third-order valence-corrected chi connectivity index (χ3v) is 5.41. The summed E-state index contributed by atoms with van der Waals surface area (Å²) in [5.74, 6) is 0.108. The number of aromatic nitrogens is 1. The second-order valence-electron chi connectivity index (χ2n) is 5.89. The summed E-state index contributed by atoms with van der Waals surface area (Å²) in [5, 5.41) is 4.13. The fourth-order valence-electron chi connectivity index (χ4n) is 2.82. The molecular formula is C18H22N2OS. The Hall–Kier alpha value is -1.68. The largest absolute Gasteiger partial charge is 0.352 e. The molecule has 1 amide bonds. The van der Waals surface area contributed by atoms with Crippen molar-refractivity contribution in [2.24, 2.45) is 0 Å². The quantitative estimate of drug-likeness (QED) is 0.916. The lowest BCUT2D eigenvalue weighted by Gasteiger charge is -2.07. The number of amides is 1. The van der Waals surface area contributed by atoms with E-state index in [1.807, 2.05) is 12.1 Å². The SMILES string of the molecule is Cc1ccccc1CNC(=O)CCc1nc2c(s1)CCCC2. The first-order valence-corrected chi connectivity index (χ1v) is 8.82. The van der Waals surface area contributed by atoms with Gasteiger partial charge < -0.3 is 5.32 Å². The van der Waals surface area contributed by atoms with Crippen molar-refractivity contribution in [2.75, 3.05) is 0 Å². The molecule has 3 rings (SSSR count). The molecule has 1 heterocycles. The number of carbonyl (C=O) groups excluding carboxylic acids is 1. The Morgan fingerprint density at radius 1 is 1.27 bits per heavy atom. The molecule has 0 saturated heterocycles. The number of carbonyl (C=O) groups is 1. The van der Waals surface area contributed by atoms with Crippen molar-refractivity contribution in [1.29, 1.82) is 0 Å². The van der Waals surface area contributed by atoms with Crippen molar-refractivity contribution >= 4 is 17.2 Å². The van der Waals surface area contributed by atoms with Gasteiger partial charge in [-0.1, -0.05) is 24.3 Å². The third kappa shape index (κ3) is 3.74. The van der Waals surface area contributed by atoms with Crippen molar-refractivity contribution in [3.63, 3.8) is 0 Å². The van der Waals surface area contributed by atoms with E-state index in [1.165, 1.54) is 41.0 Å². The van der Waals surface area contributed by atoms with Crippen molar-refractivity contribution in [3.8, 4) is 0 Å². The molecule has 1 N–H and O–H groups in total. The number of nitrogens with zero attached hydrogens (tertiary/aromatic N) is 1. The molecule has 0 saturated carbocycles. The third-order valence-electron chi connectivity index (χ3n) is 4.19. The van der Waals surface area contributed by atoms with Crippen LogP contribution in [0.1, 0.15) is 46.0 Å². The monoisotopic (exact) mass is 314 g/mol. The minimum absolute atomic E-state index is 0.108. The van der Waals surface area contributed by atoms with Gasteiger partial charge in [0.1, 0.15) is 0 Å². The molecule has 0 spiro atoms. The maximum Gasteiger partial charge on any atom is 0.220 e. The number of rotatable bonds is 5. The van der Waals surface area contributed by atoms with Crippen molar-refractivity contribution < 1.29 is 4.79 Å². The first-order valence-electron chi connectivity index (χ1n) is 8.01. The van der Waals surface area contributed by atoms with Gasteiger partial charge in [-0.15, -0.1) is 11.3 Å². The maximum atomic E-state index is 12.0. The topological polar surface area (TPSA) is 42.0 Å². The Kier molecular flexibility index (Phi) is 4.88. The Balaban J connectivity index is 1.48. The summed E-state index contributed by atoms with van der Waals surface area (Å²) in [6, 6.07) is 8.16. The number of benzene rings is 1. The Morgan fingerprint density at radius 2 is 2.09 bits per heavy atom. The molecule has 0 radical (unpaired) electrons. The van der Waals surface area contributed by atoms with Crippen LogP contribution in [0.2, 0.25) is 0 Å². The summed E-state index contributed by atoms with van der Waals surface area (Å²) in [6.07, 6.45) is 6.12. The number of fused-ring (bicyclic) bond motifs is 1. The van der Waals surface area contributed by atoms with Gasteiger partial charge in [-0.25, -0.2) is 4.98 Å². The molecule has 1 aromatic carbocycles. The second-order valence-corrected chi connectivity index (χ2v) is 7.06. The zero-order valence-electron chi connectivity index (χ0n) is 13.0. The van der Waals surface area contributed by atoms with Crippen LogP contribution in [0.3, 0.4) is 0 Å². The number of nitrogens with one attached hydrogen (secondary N) is 1. The highest BCUT2D eigenvalue weighted by atomic mass is 32.1. The van der Waals surface area contributed by atoms with Gasteiger partial charge in [0.2, 0.25) is 5.91 Å². The van der Waals surface area contributed by atoms with Crippen LogP contribution in [0.4, 0.5) is 0 Å². The van der Waals surface area contributed by atoms with Crippen molar-refractivity contribution in [3.05, 3.63) is 51.0 Å². The molecule has 3 nitrogen and oxygen atoms in total. The van der Waals surface area contributed by atoms with E-state index in [9.17, 15) is 4.79 Å². The average molecular weight is 314 g/mol. The summed E-state index contributed by atoms with van der Waals surface area (Å²) >= 11 is 1.80. The highest BCUT2D eigenvalue weighted by molar-refractivity contribution is 7.11. The minimum Gasteiger partial charge on any atom is -0.352 e. The summed E-state index contributed by atoms with van der Waals surface area (Å²) in [6.45, 7) is 2.68. The van der Waals surface area contributed by atoms with E-state index >= 15 is 0 Å². The van der Waals surface area contributed by atoms with Crippen LogP contribution >= 0.6 is 11.3 Å². The molecule has 0 unspecified atom stereocenters. The fourth-order valence-corrected chi connectivity index (χ4v) is 3.98. The van der Waals surface area contributed by atoms with Gasteiger partial charge in [0.25, 0.3) is 0 Å². The van der Waals surface area contributed by atoms with Gasteiger partial charge in [-0.05, 0) is 43.7 Å². The molecule has 116 valence electrons. The summed E-state index contributed by atoms with van der Waals surface area (Å²) in [4.78, 5) is 18.1. The van der Waals surface area contributed by atoms with E-state index in [0.717, 1.165) is 17.8 Å². The van der Waals surface area contributed by atoms with Crippen LogP contribution in [-0.4, -0.2) is 10.9 Å². The molecule has 0 fully saturated rings. The Labute approximate surface area is 135 Å². The molecule has 1 aliphatic carbocycles. The second kappa shape index (κ2) is 7.05. The van der Waals surface area contributed by atoms with E-state index in [-0.39, 0.29) is 5.91 Å². The van der Waals surface area contributed by atoms with E-state index < -0.39 is 0 Å². The first kappa shape index (κ1) is 15.2. The predicted octanol–water partition coefficient (Wildman–Crippen LogP) is 3.58. The van der Waals surface area contributed by atoms with Gasteiger partial charge >= 0.3 is 0 Å². The van der Waals surface area contributed by atoms with Gasteiger partial charge in [-0.3, -0.25) is 4.79 Å². The lowest BCUT2D eigenvalue weighted by Crippen LogP contribution is -2.23. The molecule has 4 heteroatoms. The number of hydrogen-bond donors (Lipinski definition) is 1. The molecule has 1 aromatic heterocycles. The lowest BCUT2D eigenvalue weighted by molar-refractivity contribution is -0.121. The van der Waals surface area contributed by atoms with Gasteiger partial charge in [-0.2, -0.15) is 0 Å². The fraction of sp³-hybridized carbons (Fsp3) is 0.444. The van der Waals surface area contributed by atoms with Gasteiger partial charge in [0, 0.05) is 24.3 Å². The Morgan fingerprint density at radius 3 is 2.91 bits per heavy atom. The molecule has 0 atom stereocenters. The Bertz CT molecular complexity index is 639. The van der Waals surface area contributed by atoms with E-state index in [4.69, 9.17) is 4.98 Å². The lowest BCUT2D eigenvalue weighted by atomic mass is 10.0. The molecule has 22 heavy (non-hydrogen) atoms. The summed E-state index contributed by atoms with van der Waals surface area (Å²) in [7, 11) is 0. The highest BCUT2D eigenvalue weighted by Gasteiger charge is 2.15. The van der Waals surface area contributed by atoms with Crippen molar-refractivity contribution in [1.82, 2.24) is 10.3 Å². The van der Waals surface area contributed by atoms with Gasteiger partial charge in [0.15, 0.2) is 0 Å². The summed E-state index contributed by atoms with van der Waals surface area (Å²) < 4.78 is 0. The standard InChI is InChI=1S/C18H22N2OS/c1-13-6-2-3-7-14(13)12-19-17(21)10-11-18-20-15-8-4-5-9-16(15)22-18/h2-3,6-7H,4-5,8-12H2,1H3,(H,19,21). The predicted molar refractivity (Wildman–Crippen MR) is 90.1 cm³/mol. The molecular weight excluding hydrogens is 292 g/mol. The number of aryl methyl sites for hydroxylation is 4. The van der Waals surface area contributed by atoms with Crippen molar-refractivity contribution in [2.45, 2.75) is 52.0 Å². The molecule has 1 aliphatic rings. The van der Waals surface area contributed by atoms with Crippen LogP contribution < -0.4 is 5.32 Å². The van der Waals surface area contributed by atoms with Crippen LogP contribution in [0.5, 0.6) is 0 Å². The highest BCUT2D eigenvalue weighted by Crippen LogP contribution is 2.27. The maximum absolute atomic E-state index is 12.0. The first-order chi connectivity index (χ1) is 10.7. The number of hydrogen-bond acceptors (Lipinski definition) is 3. The van der Waals surface area contributed by atoms with Crippen LogP contribution in [0.15, 0.2) is 24.3 Å². The van der Waals surface area contributed by atoms with E-state index in [0.29, 0.717) is 13.0 Å². The normalized spacial score (nSPS) is 13.7.